The van der Waals surface area contributed by atoms with E-state index < -0.39 is 31.7 Å². The summed E-state index contributed by atoms with van der Waals surface area (Å²) in [6.45, 7) is 3.94. The van der Waals surface area contributed by atoms with E-state index >= 15 is 0 Å². The molecule has 3 heterocycles. The molecule has 0 aliphatic carbocycles. The van der Waals surface area contributed by atoms with E-state index in [4.69, 9.17) is 9.26 Å². The molecule has 12 nitrogen and oxygen atoms in total. The van der Waals surface area contributed by atoms with Crippen molar-refractivity contribution >= 4 is 31.3 Å². The van der Waals surface area contributed by atoms with E-state index in [1.165, 1.54) is 6.33 Å². The quantitative estimate of drug-likeness (QED) is 0.147. The molecule has 1 unspecified atom stereocenters. The normalized spacial score (nSPS) is 17.7. The average Bonchev–Trinajstić information content (AvgIpc) is 3.50. The van der Waals surface area contributed by atoms with Crippen molar-refractivity contribution in [1.29, 1.82) is 0 Å². The van der Waals surface area contributed by atoms with Gasteiger partial charge in [0.1, 0.15) is 18.9 Å². The number of aromatic nitrogens is 4. The summed E-state index contributed by atoms with van der Waals surface area (Å²) >= 11 is 0. The number of carbonyl (C=O) groups is 1. The minimum atomic E-state index is -2.88. The largest absolute Gasteiger partial charge is 0.694 e. The van der Waals surface area contributed by atoms with E-state index in [1.54, 1.807) is 18.4 Å². The van der Waals surface area contributed by atoms with Gasteiger partial charge in [0.25, 0.3) is 5.56 Å². The zero-order chi connectivity index (χ0) is 32.3. The van der Waals surface area contributed by atoms with Crippen LogP contribution in [-0.2, 0) is 24.2 Å². The lowest BCUT2D eigenvalue weighted by molar-refractivity contribution is -0.145. The summed E-state index contributed by atoms with van der Waals surface area (Å²) in [7, 11) is -2.88. The molecule has 0 radical (unpaired) electrons. The van der Waals surface area contributed by atoms with Crippen LogP contribution in [0.15, 0.2) is 102 Å². The highest BCUT2D eigenvalue weighted by atomic mass is 31.1. The monoisotopic (exact) mass is 641 g/mol. The second kappa shape index (κ2) is 13.4. The molecule has 1 aliphatic rings. The second-order valence-corrected chi connectivity index (χ2v) is 12.1. The Hall–Kier alpha value is -4.58. The molecule has 1 fully saturated rings. The summed E-state index contributed by atoms with van der Waals surface area (Å²) < 4.78 is 25.0. The number of amides is 1. The van der Waals surface area contributed by atoms with Crippen molar-refractivity contribution in [1.82, 2.24) is 24.4 Å². The van der Waals surface area contributed by atoms with E-state index in [2.05, 4.69) is 61.6 Å². The van der Waals surface area contributed by atoms with Crippen molar-refractivity contribution in [3.8, 4) is 0 Å². The lowest BCUT2D eigenvalue weighted by Crippen LogP contribution is -2.57. The number of carbonyl (C=O) groups excluding carboxylic acids is 1. The van der Waals surface area contributed by atoms with Crippen LogP contribution < -0.4 is 10.9 Å². The first-order valence-corrected chi connectivity index (χ1v) is 16.0. The van der Waals surface area contributed by atoms with Crippen LogP contribution >= 0.6 is 8.25 Å². The number of hydrogen-bond donors (Lipinski definition) is 3. The molecule has 0 bridgehead atoms. The van der Waals surface area contributed by atoms with Gasteiger partial charge in [0.05, 0.1) is 11.9 Å². The van der Waals surface area contributed by atoms with Crippen molar-refractivity contribution < 1.29 is 23.5 Å². The highest BCUT2D eigenvalue weighted by Gasteiger charge is 2.47. The van der Waals surface area contributed by atoms with E-state index in [-0.39, 0.29) is 35.5 Å². The SMILES string of the molecule is CC(C)C(=O)Nc1nc2c(ncn2[C@H]2CN(C(c3ccccc3)(c3ccccc3)c3ccccc3)C[C@@H](CO[P+](=O)O)O2)c(=O)[nH]1. The van der Waals surface area contributed by atoms with E-state index in [1.807, 2.05) is 54.6 Å². The molecule has 1 aliphatic heterocycles. The Morgan fingerprint density at radius 2 is 1.59 bits per heavy atom. The maximum atomic E-state index is 13.0. The van der Waals surface area contributed by atoms with Gasteiger partial charge in [-0.2, -0.15) is 4.98 Å². The van der Waals surface area contributed by atoms with Crippen LogP contribution in [-0.4, -0.2) is 61.0 Å². The number of aromatic amines is 1. The summed E-state index contributed by atoms with van der Waals surface area (Å²) in [6.07, 6.45) is 0.0525. The predicted molar refractivity (Wildman–Crippen MR) is 172 cm³/mol. The van der Waals surface area contributed by atoms with Crippen molar-refractivity contribution in [2.45, 2.75) is 31.7 Å². The number of nitrogens with one attached hydrogen (secondary N) is 2. The van der Waals surface area contributed by atoms with Crippen LogP contribution in [0.4, 0.5) is 5.95 Å². The Balaban J connectivity index is 1.52. The number of imidazole rings is 1. The van der Waals surface area contributed by atoms with E-state index in [0.29, 0.717) is 13.1 Å². The molecule has 3 N–H and O–H groups in total. The lowest BCUT2D eigenvalue weighted by atomic mass is 9.75. The summed E-state index contributed by atoms with van der Waals surface area (Å²) in [6, 6.07) is 30.4. The molecule has 1 amide bonds. The summed E-state index contributed by atoms with van der Waals surface area (Å²) in [5, 5.41) is 2.66. The van der Waals surface area contributed by atoms with Gasteiger partial charge in [-0.15, -0.1) is 9.42 Å². The van der Waals surface area contributed by atoms with Gasteiger partial charge < -0.3 is 4.74 Å². The van der Waals surface area contributed by atoms with Crippen LogP contribution in [0, 0.1) is 5.92 Å². The molecule has 6 rings (SSSR count). The Morgan fingerprint density at radius 3 is 2.11 bits per heavy atom. The summed E-state index contributed by atoms with van der Waals surface area (Å²) in [4.78, 5) is 48.7. The summed E-state index contributed by atoms with van der Waals surface area (Å²) in [5.74, 6) is -0.639. The van der Waals surface area contributed by atoms with Gasteiger partial charge in [-0.3, -0.25) is 29.4 Å². The highest BCUT2D eigenvalue weighted by Crippen LogP contribution is 2.45. The zero-order valence-corrected chi connectivity index (χ0v) is 26.2. The third-order valence-electron chi connectivity index (χ3n) is 8.08. The van der Waals surface area contributed by atoms with Gasteiger partial charge in [-0.25, -0.2) is 4.98 Å². The topological polar surface area (TPSA) is 152 Å². The number of hydrogen-bond acceptors (Lipinski definition) is 8. The van der Waals surface area contributed by atoms with E-state index in [9.17, 15) is 19.0 Å². The number of fused-ring (bicyclic) bond motifs is 1. The molecule has 13 heteroatoms. The maximum Gasteiger partial charge on any atom is 0.694 e. The third kappa shape index (κ3) is 6.13. The van der Waals surface area contributed by atoms with Crippen LogP contribution in [0.25, 0.3) is 11.2 Å². The highest BCUT2D eigenvalue weighted by molar-refractivity contribution is 7.32. The lowest BCUT2D eigenvalue weighted by Gasteiger charge is -2.50. The molecular weight excluding hydrogens is 607 g/mol. The molecule has 5 aromatic rings. The van der Waals surface area contributed by atoms with Crippen molar-refractivity contribution in [2.24, 2.45) is 5.92 Å². The Labute approximate surface area is 266 Å². The molecule has 2 aromatic heterocycles. The first-order chi connectivity index (χ1) is 22.3. The fraction of sp³-hybridized carbons (Fsp3) is 0.273. The Morgan fingerprint density at radius 1 is 1.02 bits per heavy atom. The number of nitrogens with zero attached hydrogens (tertiary/aromatic N) is 4. The molecule has 236 valence electrons. The van der Waals surface area contributed by atoms with Crippen LogP contribution in [0.2, 0.25) is 0 Å². The van der Waals surface area contributed by atoms with Crippen molar-refractivity contribution in [2.75, 3.05) is 25.0 Å². The second-order valence-electron chi connectivity index (χ2n) is 11.3. The third-order valence-corrected chi connectivity index (χ3v) is 8.45. The Kier molecular flexibility index (Phi) is 9.16. The fourth-order valence-corrected chi connectivity index (χ4v) is 6.32. The van der Waals surface area contributed by atoms with Crippen LogP contribution in [0.5, 0.6) is 0 Å². The minimum Gasteiger partial charge on any atom is -0.349 e. The smallest absolute Gasteiger partial charge is 0.349 e. The first kappa shape index (κ1) is 31.4. The number of anilines is 1. The van der Waals surface area contributed by atoms with Gasteiger partial charge in [0, 0.05) is 23.6 Å². The molecule has 3 aromatic carbocycles. The molecule has 0 saturated carbocycles. The number of morpholine rings is 1. The standard InChI is InChI=1S/C33H33N6O6P/c1-22(2)30(40)36-32-35-29-28(31(41)37-32)34-21-39(29)27-19-38(18-26(45-27)20-44-46(42)43)33(23-12-6-3-7-13-23,24-14-8-4-9-15-24)25-16-10-5-11-17-25/h3-17,21-22,26-27H,18-20H2,1-2H3,(H2-,35,36,37,40,41,42,43)/p+1/t26-,27+/m0/s1. The average molecular weight is 642 g/mol. The molecule has 46 heavy (non-hydrogen) atoms. The van der Waals surface area contributed by atoms with Gasteiger partial charge in [-0.1, -0.05) is 105 Å². The number of rotatable bonds is 10. The van der Waals surface area contributed by atoms with Gasteiger partial charge in [0.15, 0.2) is 11.2 Å². The Bertz CT molecular complexity index is 1790. The first-order valence-electron chi connectivity index (χ1n) is 14.9. The summed E-state index contributed by atoms with van der Waals surface area (Å²) in [5.41, 5.74) is 1.96. The van der Waals surface area contributed by atoms with Crippen molar-refractivity contribution in [3.05, 3.63) is 124 Å². The molecule has 1 saturated heterocycles. The predicted octanol–water partition coefficient (Wildman–Crippen LogP) is 4.57. The molecular formula is C33H34N6O6P+. The molecule has 3 atom stereocenters. The van der Waals surface area contributed by atoms with Crippen molar-refractivity contribution in [3.63, 3.8) is 0 Å². The van der Waals surface area contributed by atoms with Gasteiger partial charge in [-0.05, 0) is 16.7 Å². The minimum absolute atomic E-state index is 0.00465. The van der Waals surface area contributed by atoms with Gasteiger partial charge >= 0.3 is 8.25 Å². The van der Waals surface area contributed by atoms with Crippen LogP contribution in [0.3, 0.4) is 0 Å². The number of H-pyrrole nitrogens is 1. The van der Waals surface area contributed by atoms with Crippen LogP contribution in [0.1, 0.15) is 36.8 Å². The van der Waals surface area contributed by atoms with E-state index in [0.717, 1.165) is 16.7 Å². The van der Waals surface area contributed by atoms with Gasteiger partial charge in [0.2, 0.25) is 11.9 Å². The molecule has 0 spiro atoms. The number of benzene rings is 3. The number of ether oxygens (including phenoxy) is 1. The maximum absolute atomic E-state index is 13.0. The fourth-order valence-electron chi connectivity index (χ4n) is 6.03. The zero-order valence-electron chi connectivity index (χ0n) is 25.3.